The van der Waals surface area contributed by atoms with Crippen molar-refractivity contribution in [2.45, 2.75) is 26.3 Å². The van der Waals surface area contributed by atoms with Crippen LogP contribution in [0.15, 0.2) is 53.7 Å². The third kappa shape index (κ3) is 3.21. The molecule has 31 heavy (non-hydrogen) atoms. The number of hydrogen-bond donors (Lipinski definition) is 1. The Balaban J connectivity index is 1.54. The number of nitrogens with one attached hydrogen (secondary N) is 1. The Morgan fingerprint density at radius 2 is 2.00 bits per heavy atom. The quantitative estimate of drug-likeness (QED) is 0.483. The number of amides is 1. The van der Waals surface area contributed by atoms with E-state index in [0.29, 0.717) is 28.2 Å². The zero-order chi connectivity index (χ0) is 21.7. The molecule has 1 N–H and O–H groups in total. The van der Waals surface area contributed by atoms with E-state index in [1.165, 1.54) is 18.5 Å². The van der Waals surface area contributed by atoms with Crippen LogP contribution in [0.4, 0.5) is 10.1 Å². The third-order valence-electron chi connectivity index (χ3n) is 5.06. The van der Waals surface area contributed by atoms with E-state index in [9.17, 15) is 14.0 Å². The predicted octanol–water partition coefficient (Wildman–Crippen LogP) is 2.59. The molecule has 5 aromatic rings. The van der Waals surface area contributed by atoms with Gasteiger partial charge in [0.25, 0.3) is 5.56 Å². The molecule has 0 radical (unpaired) electrons. The Morgan fingerprint density at radius 3 is 2.81 bits per heavy atom. The smallest absolute Gasteiger partial charge is 0.291 e. The van der Waals surface area contributed by atoms with Crippen LogP contribution in [-0.2, 0) is 11.3 Å². The summed E-state index contributed by atoms with van der Waals surface area (Å²) in [5, 5.41) is 15.6. The second kappa shape index (κ2) is 7.01. The number of aromatic nitrogens is 6. The number of carbonyl (C=O) groups is 1. The standard InChI is InChI=1S/C21H18FN7O2/c1-12(2)20-26-28(10-19(30)24-15-5-6-18-25-23-11-27(18)9-15)21(31)17-7-13-3-4-14(22)8-16(13)29(17)20/h3-9,11-12H,10H2,1-2H3,(H,24,30). The molecule has 0 saturated carbocycles. The summed E-state index contributed by atoms with van der Waals surface area (Å²) in [6.07, 6.45) is 3.21. The van der Waals surface area contributed by atoms with Crippen molar-refractivity contribution in [2.75, 3.05) is 5.32 Å². The van der Waals surface area contributed by atoms with Crippen LogP contribution < -0.4 is 10.9 Å². The summed E-state index contributed by atoms with van der Waals surface area (Å²) < 4.78 is 18.3. The molecule has 0 aliphatic rings. The highest BCUT2D eigenvalue weighted by Crippen LogP contribution is 2.23. The van der Waals surface area contributed by atoms with Crippen LogP contribution in [0, 0.1) is 5.82 Å². The van der Waals surface area contributed by atoms with Gasteiger partial charge in [-0.15, -0.1) is 10.2 Å². The normalized spacial score (nSPS) is 11.7. The van der Waals surface area contributed by atoms with E-state index in [4.69, 9.17) is 0 Å². The number of benzene rings is 1. The average molecular weight is 419 g/mol. The van der Waals surface area contributed by atoms with Gasteiger partial charge in [-0.3, -0.25) is 18.4 Å². The van der Waals surface area contributed by atoms with Crippen molar-refractivity contribution >= 4 is 33.7 Å². The highest BCUT2D eigenvalue weighted by molar-refractivity contribution is 5.91. The molecule has 9 nitrogen and oxygen atoms in total. The zero-order valence-corrected chi connectivity index (χ0v) is 16.8. The van der Waals surface area contributed by atoms with Crippen LogP contribution in [-0.4, -0.2) is 34.7 Å². The Hall–Kier alpha value is -4.08. The van der Waals surface area contributed by atoms with Crippen molar-refractivity contribution in [3.63, 3.8) is 0 Å². The minimum Gasteiger partial charge on any atom is -0.323 e. The number of carbonyl (C=O) groups excluding carboxylic acids is 1. The SMILES string of the molecule is CC(C)c1nn(CC(=O)Nc2ccc3nncn3c2)c(=O)c2cc3ccc(F)cc3n12. The molecule has 4 heterocycles. The van der Waals surface area contributed by atoms with E-state index in [1.807, 2.05) is 13.8 Å². The summed E-state index contributed by atoms with van der Waals surface area (Å²) in [5.74, 6) is -0.291. The van der Waals surface area contributed by atoms with E-state index in [1.54, 1.807) is 39.3 Å². The van der Waals surface area contributed by atoms with Crippen molar-refractivity contribution in [1.29, 1.82) is 0 Å². The lowest BCUT2D eigenvalue weighted by Crippen LogP contribution is -2.32. The lowest BCUT2D eigenvalue weighted by molar-refractivity contribution is -0.117. The molecule has 5 rings (SSSR count). The van der Waals surface area contributed by atoms with Gasteiger partial charge in [0.2, 0.25) is 5.91 Å². The number of rotatable bonds is 4. The van der Waals surface area contributed by atoms with Crippen LogP contribution in [0.1, 0.15) is 25.6 Å². The molecule has 0 saturated heterocycles. The molecular weight excluding hydrogens is 401 g/mol. The number of hydrogen-bond acceptors (Lipinski definition) is 5. The molecule has 0 unspecified atom stereocenters. The fraction of sp³-hybridized carbons (Fsp3) is 0.190. The molecule has 156 valence electrons. The summed E-state index contributed by atoms with van der Waals surface area (Å²) in [6, 6.07) is 9.48. The molecular formula is C21H18FN7O2. The second-order valence-corrected chi connectivity index (χ2v) is 7.61. The maximum atomic E-state index is 13.8. The van der Waals surface area contributed by atoms with Gasteiger partial charge in [0, 0.05) is 17.5 Å². The topological polar surface area (TPSA) is 98.6 Å². The maximum absolute atomic E-state index is 13.8. The summed E-state index contributed by atoms with van der Waals surface area (Å²) >= 11 is 0. The number of halogens is 1. The van der Waals surface area contributed by atoms with Crippen molar-refractivity contribution in [1.82, 2.24) is 28.8 Å². The maximum Gasteiger partial charge on any atom is 0.291 e. The van der Waals surface area contributed by atoms with Gasteiger partial charge in [0.05, 0.1) is 11.2 Å². The molecule has 4 aromatic heterocycles. The lowest BCUT2D eigenvalue weighted by atomic mass is 10.2. The van der Waals surface area contributed by atoms with Gasteiger partial charge < -0.3 is 5.32 Å². The summed E-state index contributed by atoms with van der Waals surface area (Å²) in [5.41, 5.74) is 1.68. The van der Waals surface area contributed by atoms with Gasteiger partial charge in [-0.05, 0) is 36.4 Å². The fourth-order valence-corrected chi connectivity index (χ4v) is 3.64. The van der Waals surface area contributed by atoms with Crippen molar-refractivity contribution in [3.05, 3.63) is 70.9 Å². The van der Waals surface area contributed by atoms with Crippen molar-refractivity contribution < 1.29 is 9.18 Å². The summed E-state index contributed by atoms with van der Waals surface area (Å²) in [7, 11) is 0. The number of pyridine rings is 1. The summed E-state index contributed by atoms with van der Waals surface area (Å²) in [4.78, 5) is 25.7. The number of anilines is 1. The van der Waals surface area contributed by atoms with Gasteiger partial charge in [0.1, 0.15) is 30.0 Å². The summed E-state index contributed by atoms with van der Waals surface area (Å²) in [6.45, 7) is 3.59. The van der Waals surface area contributed by atoms with E-state index < -0.39 is 17.3 Å². The van der Waals surface area contributed by atoms with Crippen LogP contribution >= 0.6 is 0 Å². The molecule has 0 spiro atoms. The fourth-order valence-electron chi connectivity index (χ4n) is 3.64. The molecule has 1 aromatic carbocycles. The molecule has 0 bridgehead atoms. The average Bonchev–Trinajstić information content (AvgIpc) is 3.34. The van der Waals surface area contributed by atoms with E-state index in [2.05, 4.69) is 20.6 Å². The minimum absolute atomic E-state index is 0.0626. The van der Waals surface area contributed by atoms with Gasteiger partial charge in [0.15, 0.2) is 5.65 Å². The van der Waals surface area contributed by atoms with Crippen LogP contribution in [0.2, 0.25) is 0 Å². The van der Waals surface area contributed by atoms with Crippen molar-refractivity contribution in [2.24, 2.45) is 0 Å². The molecule has 0 aliphatic heterocycles. The Kier molecular flexibility index (Phi) is 4.28. The van der Waals surface area contributed by atoms with Crippen LogP contribution in [0.5, 0.6) is 0 Å². The van der Waals surface area contributed by atoms with Gasteiger partial charge in [-0.25, -0.2) is 9.07 Å². The van der Waals surface area contributed by atoms with E-state index in [0.717, 1.165) is 10.1 Å². The Bertz CT molecular complexity index is 1530. The van der Waals surface area contributed by atoms with Gasteiger partial charge in [-0.1, -0.05) is 13.8 Å². The first-order chi connectivity index (χ1) is 14.9. The lowest BCUT2D eigenvalue weighted by Gasteiger charge is -2.13. The molecule has 1 amide bonds. The Labute approximate surface area is 174 Å². The predicted molar refractivity (Wildman–Crippen MR) is 113 cm³/mol. The second-order valence-electron chi connectivity index (χ2n) is 7.61. The first kappa shape index (κ1) is 18.9. The zero-order valence-electron chi connectivity index (χ0n) is 16.8. The minimum atomic E-state index is -0.426. The van der Waals surface area contributed by atoms with E-state index >= 15 is 0 Å². The molecule has 0 atom stereocenters. The molecule has 0 aliphatic carbocycles. The first-order valence-corrected chi connectivity index (χ1v) is 9.71. The third-order valence-corrected chi connectivity index (χ3v) is 5.06. The highest BCUT2D eigenvalue weighted by atomic mass is 19.1. The molecule has 10 heteroatoms. The van der Waals surface area contributed by atoms with Crippen molar-refractivity contribution in [3.8, 4) is 0 Å². The molecule has 0 fully saturated rings. The largest absolute Gasteiger partial charge is 0.323 e. The van der Waals surface area contributed by atoms with Crippen LogP contribution in [0.3, 0.4) is 0 Å². The highest BCUT2D eigenvalue weighted by Gasteiger charge is 2.18. The van der Waals surface area contributed by atoms with Gasteiger partial charge >= 0.3 is 0 Å². The first-order valence-electron chi connectivity index (χ1n) is 9.71. The number of fused-ring (bicyclic) bond motifs is 4. The number of nitrogens with zero attached hydrogens (tertiary/aromatic N) is 6. The Morgan fingerprint density at radius 1 is 1.16 bits per heavy atom. The van der Waals surface area contributed by atoms with Crippen LogP contribution in [0.25, 0.3) is 22.1 Å². The van der Waals surface area contributed by atoms with Gasteiger partial charge in [-0.2, -0.15) is 5.10 Å². The van der Waals surface area contributed by atoms with E-state index in [-0.39, 0.29) is 12.5 Å². The monoisotopic (exact) mass is 419 g/mol.